The molecule has 1 heterocycles. The van der Waals surface area contributed by atoms with Crippen LogP contribution in [0.25, 0.3) is 10.8 Å². The Labute approximate surface area is 163 Å². The summed E-state index contributed by atoms with van der Waals surface area (Å²) in [5, 5.41) is 13.5. The summed E-state index contributed by atoms with van der Waals surface area (Å²) in [5.41, 5.74) is -1.62. The molecule has 0 fully saturated rings. The van der Waals surface area contributed by atoms with Crippen molar-refractivity contribution in [1.82, 2.24) is 0 Å². The first-order valence-electron chi connectivity index (χ1n) is 9.10. The lowest BCUT2D eigenvalue weighted by Gasteiger charge is -2.26. The zero-order chi connectivity index (χ0) is 20.1. The van der Waals surface area contributed by atoms with Crippen LogP contribution in [-0.2, 0) is 15.1 Å². The summed E-state index contributed by atoms with van der Waals surface area (Å²) in [6.45, 7) is 5.19. The van der Waals surface area contributed by atoms with E-state index in [1.807, 2.05) is 30.3 Å². The molecule has 28 heavy (non-hydrogen) atoms. The number of amides is 2. The van der Waals surface area contributed by atoms with Crippen LogP contribution in [0.5, 0.6) is 0 Å². The van der Waals surface area contributed by atoms with E-state index in [9.17, 15) is 14.7 Å². The van der Waals surface area contributed by atoms with Gasteiger partial charge in [0.2, 0.25) is 0 Å². The second-order valence-corrected chi connectivity index (χ2v) is 7.91. The number of aliphatic hydroxyl groups is 1. The van der Waals surface area contributed by atoms with Crippen LogP contribution in [0.1, 0.15) is 31.9 Å². The Morgan fingerprint density at radius 1 is 0.964 bits per heavy atom. The number of fused-ring (bicyclic) bond motifs is 2. The molecule has 3 aromatic carbocycles. The predicted octanol–water partition coefficient (Wildman–Crippen LogP) is 4.36. The van der Waals surface area contributed by atoms with Crippen LogP contribution in [0.4, 0.5) is 10.5 Å². The Morgan fingerprint density at radius 3 is 2.32 bits per heavy atom. The summed E-state index contributed by atoms with van der Waals surface area (Å²) in [4.78, 5) is 27.0. The third-order valence-electron chi connectivity index (χ3n) is 4.79. The van der Waals surface area contributed by atoms with Crippen LogP contribution in [0.2, 0.25) is 0 Å². The largest absolute Gasteiger partial charge is 0.443 e. The Balaban J connectivity index is 1.87. The van der Waals surface area contributed by atoms with Gasteiger partial charge in [-0.3, -0.25) is 4.79 Å². The molecule has 1 aliphatic rings. The summed E-state index contributed by atoms with van der Waals surface area (Å²) in [5.74, 6) is -0.738. The number of benzene rings is 3. The van der Waals surface area contributed by atoms with Crippen molar-refractivity contribution in [2.24, 2.45) is 0 Å². The van der Waals surface area contributed by atoms with Gasteiger partial charge in [0.15, 0.2) is 5.60 Å². The SMILES string of the molecule is CC(C)(C)OC(=O)N1C(=O)[C@@](O)(c2ccc3ccccc3c2)c2ccccc21. The van der Waals surface area contributed by atoms with E-state index in [0.717, 1.165) is 15.7 Å². The highest BCUT2D eigenvalue weighted by Crippen LogP contribution is 2.45. The van der Waals surface area contributed by atoms with Crippen LogP contribution in [0.15, 0.2) is 66.7 Å². The minimum Gasteiger partial charge on any atom is -0.443 e. The molecule has 1 aliphatic heterocycles. The molecular formula is C23H21NO4. The van der Waals surface area contributed by atoms with Crippen molar-refractivity contribution < 1.29 is 19.4 Å². The van der Waals surface area contributed by atoms with Crippen molar-refractivity contribution in [2.45, 2.75) is 32.0 Å². The average Bonchev–Trinajstić information content (AvgIpc) is 2.89. The maximum absolute atomic E-state index is 13.3. The highest BCUT2D eigenvalue weighted by molar-refractivity contribution is 6.21. The monoisotopic (exact) mass is 375 g/mol. The second kappa shape index (κ2) is 6.17. The molecule has 5 heteroatoms. The standard InChI is InChI=1S/C23H21NO4/c1-22(2,3)28-21(26)24-19-11-7-6-10-18(19)23(27,20(24)25)17-13-12-15-8-4-5-9-16(15)14-17/h4-14,27H,1-3H3/t23-/m1/s1. The third kappa shape index (κ3) is 2.75. The van der Waals surface area contributed by atoms with E-state index >= 15 is 0 Å². The summed E-state index contributed by atoms with van der Waals surface area (Å²) >= 11 is 0. The molecule has 2 amide bonds. The van der Waals surface area contributed by atoms with E-state index in [4.69, 9.17) is 4.74 Å². The van der Waals surface area contributed by atoms with Gasteiger partial charge in [-0.05, 0) is 49.2 Å². The summed E-state index contributed by atoms with van der Waals surface area (Å²) in [6, 6.07) is 19.8. The van der Waals surface area contributed by atoms with E-state index in [1.165, 1.54) is 0 Å². The van der Waals surface area contributed by atoms with Crippen LogP contribution in [-0.4, -0.2) is 22.7 Å². The van der Waals surface area contributed by atoms with Gasteiger partial charge < -0.3 is 9.84 Å². The maximum atomic E-state index is 13.3. The fourth-order valence-electron chi connectivity index (χ4n) is 3.54. The fraction of sp³-hybridized carbons (Fsp3) is 0.217. The smallest absolute Gasteiger partial charge is 0.421 e. The zero-order valence-corrected chi connectivity index (χ0v) is 16.0. The van der Waals surface area contributed by atoms with Crippen LogP contribution in [0.3, 0.4) is 0 Å². The van der Waals surface area contributed by atoms with Crippen molar-refractivity contribution in [1.29, 1.82) is 0 Å². The topological polar surface area (TPSA) is 66.8 Å². The normalized spacial score (nSPS) is 19.0. The molecule has 0 radical (unpaired) electrons. The van der Waals surface area contributed by atoms with Gasteiger partial charge in [-0.25, -0.2) is 9.69 Å². The predicted molar refractivity (Wildman–Crippen MR) is 107 cm³/mol. The Bertz CT molecular complexity index is 1100. The van der Waals surface area contributed by atoms with Crippen molar-refractivity contribution >= 4 is 28.5 Å². The van der Waals surface area contributed by atoms with E-state index in [-0.39, 0.29) is 0 Å². The van der Waals surface area contributed by atoms with Gasteiger partial charge in [0.1, 0.15) is 5.60 Å². The molecule has 3 aromatic rings. The van der Waals surface area contributed by atoms with E-state index in [0.29, 0.717) is 16.8 Å². The molecule has 142 valence electrons. The van der Waals surface area contributed by atoms with Crippen molar-refractivity contribution in [3.05, 3.63) is 77.9 Å². The van der Waals surface area contributed by atoms with Crippen LogP contribution < -0.4 is 4.90 Å². The summed E-state index contributed by atoms with van der Waals surface area (Å²) < 4.78 is 5.40. The number of carbonyl (C=O) groups is 2. The van der Waals surface area contributed by atoms with Gasteiger partial charge in [0.05, 0.1) is 5.69 Å². The van der Waals surface area contributed by atoms with Gasteiger partial charge in [-0.1, -0.05) is 54.6 Å². The number of anilines is 1. The zero-order valence-electron chi connectivity index (χ0n) is 16.0. The second-order valence-electron chi connectivity index (χ2n) is 7.91. The van der Waals surface area contributed by atoms with Crippen molar-refractivity contribution in [3.8, 4) is 0 Å². The van der Waals surface area contributed by atoms with Gasteiger partial charge in [-0.15, -0.1) is 0 Å². The van der Waals surface area contributed by atoms with E-state index in [1.54, 1.807) is 57.2 Å². The van der Waals surface area contributed by atoms with Gasteiger partial charge in [-0.2, -0.15) is 0 Å². The lowest BCUT2D eigenvalue weighted by atomic mass is 9.86. The van der Waals surface area contributed by atoms with Crippen molar-refractivity contribution in [2.75, 3.05) is 4.90 Å². The molecule has 1 N–H and O–H groups in total. The number of imide groups is 1. The Morgan fingerprint density at radius 2 is 1.61 bits per heavy atom. The maximum Gasteiger partial charge on any atom is 0.421 e. The van der Waals surface area contributed by atoms with Gasteiger partial charge >= 0.3 is 6.09 Å². The van der Waals surface area contributed by atoms with E-state index in [2.05, 4.69) is 0 Å². The molecule has 0 spiro atoms. The molecule has 5 nitrogen and oxygen atoms in total. The number of rotatable bonds is 1. The Kier molecular flexibility index (Phi) is 4.01. The molecule has 0 aliphatic carbocycles. The number of hydrogen-bond donors (Lipinski definition) is 1. The number of hydrogen-bond acceptors (Lipinski definition) is 4. The molecule has 0 saturated heterocycles. The first-order chi connectivity index (χ1) is 13.2. The third-order valence-corrected chi connectivity index (χ3v) is 4.79. The fourth-order valence-corrected chi connectivity index (χ4v) is 3.54. The highest BCUT2D eigenvalue weighted by atomic mass is 16.6. The first-order valence-corrected chi connectivity index (χ1v) is 9.10. The highest BCUT2D eigenvalue weighted by Gasteiger charge is 2.54. The molecule has 0 bridgehead atoms. The molecule has 0 unspecified atom stereocenters. The number of nitrogens with zero attached hydrogens (tertiary/aromatic N) is 1. The Hall–Kier alpha value is -3.18. The molecule has 0 saturated carbocycles. The molecular weight excluding hydrogens is 354 g/mol. The number of para-hydroxylation sites is 1. The minimum atomic E-state index is -1.96. The molecule has 1 atom stereocenters. The van der Waals surface area contributed by atoms with Gasteiger partial charge in [0, 0.05) is 5.56 Å². The average molecular weight is 375 g/mol. The summed E-state index contributed by atoms with van der Waals surface area (Å²) in [6.07, 6.45) is -0.804. The molecule has 0 aromatic heterocycles. The van der Waals surface area contributed by atoms with Crippen LogP contribution >= 0.6 is 0 Å². The minimum absolute atomic E-state index is 0.331. The lowest BCUT2D eigenvalue weighted by molar-refractivity contribution is -0.131. The number of ether oxygens (including phenoxy) is 1. The first kappa shape index (κ1) is 18.2. The van der Waals surface area contributed by atoms with Gasteiger partial charge in [0.25, 0.3) is 5.91 Å². The number of carbonyl (C=O) groups excluding carboxylic acids is 2. The van der Waals surface area contributed by atoms with Crippen molar-refractivity contribution in [3.63, 3.8) is 0 Å². The van der Waals surface area contributed by atoms with E-state index < -0.39 is 23.2 Å². The lowest BCUT2D eigenvalue weighted by Crippen LogP contribution is -2.45. The quantitative estimate of drug-likeness (QED) is 0.686. The molecule has 4 rings (SSSR count). The summed E-state index contributed by atoms with van der Waals surface area (Å²) in [7, 11) is 0. The van der Waals surface area contributed by atoms with Crippen LogP contribution in [0, 0.1) is 0 Å².